The van der Waals surface area contributed by atoms with E-state index >= 15 is 0 Å². The topological polar surface area (TPSA) is 85.6 Å². The van der Waals surface area contributed by atoms with Gasteiger partial charge in [-0.1, -0.05) is 60.7 Å². The quantitative estimate of drug-likeness (QED) is 0.432. The molecule has 3 aromatic heterocycles. The van der Waals surface area contributed by atoms with Gasteiger partial charge in [0.25, 0.3) is 5.91 Å². The second-order valence-corrected chi connectivity index (χ2v) is 7.61. The van der Waals surface area contributed by atoms with Crippen molar-refractivity contribution < 1.29 is 4.79 Å². The number of fused-ring (bicyclic) bond motifs is 1. The minimum atomic E-state index is -0.268. The smallest absolute Gasteiger partial charge is 0.258 e. The fourth-order valence-electron chi connectivity index (χ4n) is 3.37. The number of nitrogens with zero attached hydrogens (tertiary/aromatic N) is 5. The molecule has 3 heterocycles. The van der Waals surface area contributed by atoms with Gasteiger partial charge in [0.2, 0.25) is 5.13 Å². The lowest BCUT2D eigenvalue weighted by molar-refractivity contribution is 0.102. The molecule has 7 nitrogen and oxygen atoms in total. The van der Waals surface area contributed by atoms with Crippen molar-refractivity contribution in [3.63, 3.8) is 0 Å². The maximum Gasteiger partial charge on any atom is 0.258 e. The van der Waals surface area contributed by atoms with Crippen LogP contribution < -0.4 is 5.32 Å². The van der Waals surface area contributed by atoms with Gasteiger partial charge in [0, 0.05) is 29.2 Å². The molecule has 2 aromatic carbocycles. The van der Waals surface area contributed by atoms with E-state index < -0.39 is 0 Å². The predicted molar refractivity (Wildman–Crippen MR) is 122 cm³/mol. The van der Waals surface area contributed by atoms with Crippen LogP contribution in [0.25, 0.3) is 33.7 Å². The van der Waals surface area contributed by atoms with Crippen molar-refractivity contribution in [1.82, 2.24) is 24.1 Å². The molecule has 0 spiro atoms. The van der Waals surface area contributed by atoms with Gasteiger partial charge in [-0.25, -0.2) is 9.67 Å². The highest BCUT2D eigenvalue weighted by molar-refractivity contribution is 7.10. The Morgan fingerprint density at radius 1 is 1.00 bits per heavy atom. The van der Waals surface area contributed by atoms with Crippen LogP contribution in [0.2, 0.25) is 0 Å². The molecule has 31 heavy (non-hydrogen) atoms. The number of anilines is 1. The Morgan fingerprint density at radius 3 is 2.42 bits per heavy atom. The van der Waals surface area contributed by atoms with Gasteiger partial charge in [0.1, 0.15) is 0 Å². The Kier molecular flexibility index (Phi) is 4.97. The summed E-state index contributed by atoms with van der Waals surface area (Å²) in [6.45, 7) is 2.65. The Morgan fingerprint density at radius 2 is 1.71 bits per heavy atom. The molecule has 0 saturated carbocycles. The first-order valence-corrected chi connectivity index (χ1v) is 10.6. The van der Waals surface area contributed by atoms with Crippen LogP contribution in [-0.4, -0.2) is 30.0 Å². The maximum atomic E-state index is 13.2. The number of carbonyl (C=O) groups excluding carboxylic acids is 1. The SMILES string of the molecule is CCn1ncc2c(C(=O)Nc3nc(-c4ccccc4)ns3)cc(-c3ccccc3)nc21. The minimum absolute atomic E-state index is 0.268. The first-order chi connectivity index (χ1) is 15.2. The molecule has 0 aliphatic carbocycles. The molecule has 0 atom stereocenters. The van der Waals surface area contributed by atoms with E-state index in [1.54, 1.807) is 16.9 Å². The summed E-state index contributed by atoms with van der Waals surface area (Å²) in [6.07, 6.45) is 1.69. The number of amides is 1. The molecule has 0 radical (unpaired) electrons. The zero-order chi connectivity index (χ0) is 21.2. The first-order valence-electron chi connectivity index (χ1n) is 9.85. The maximum absolute atomic E-state index is 13.2. The van der Waals surface area contributed by atoms with E-state index in [0.29, 0.717) is 34.1 Å². The van der Waals surface area contributed by atoms with E-state index in [9.17, 15) is 4.79 Å². The summed E-state index contributed by atoms with van der Waals surface area (Å²) in [4.78, 5) is 22.5. The van der Waals surface area contributed by atoms with Crippen molar-refractivity contribution in [2.45, 2.75) is 13.5 Å². The van der Waals surface area contributed by atoms with Crippen molar-refractivity contribution >= 4 is 33.6 Å². The van der Waals surface area contributed by atoms with Gasteiger partial charge in [-0.3, -0.25) is 10.1 Å². The third kappa shape index (κ3) is 3.69. The molecule has 1 N–H and O–H groups in total. The summed E-state index contributed by atoms with van der Waals surface area (Å²) in [5.41, 5.74) is 3.73. The Bertz CT molecular complexity index is 1360. The monoisotopic (exact) mass is 426 g/mol. The van der Waals surface area contributed by atoms with Crippen LogP contribution in [0.1, 0.15) is 17.3 Å². The Labute approximate surface area is 182 Å². The van der Waals surface area contributed by atoms with Crippen molar-refractivity contribution in [2.24, 2.45) is 0 Å². The number of benzene rings is 2. The second kappa shape index (κ2) is 8.08. The van der Waals surface area contributed by atoms with E-state index in [1.807, 2.05) is 67.6 Å². The van der Waals surface area contributed by atoms with Crippen molar-refractivity contribution in [3.8, 4) is 22.6 Å². The van der Waals surface area contributed by atoms with Crippen LogP contribution in [-0.2, 0) is 6.54 Å². The lowest BCUT2D eigenvalue weighted by atomic mass is 10.1. The molecule has 0 unspecified atom stereocenters. The standard InChI is InChI=1S/C23H18N6OS/c1-2-29-21-18(14-24-29)17(13-19(25-21)15-9-5-3-6-10-15)22(30)27-23-26-20(28-31-23)16-11-7-4-8-12-16/h3-14H,2H2,1H3,(H,26,27,28,30). The average Bonchev–Trinajstić information content (AvgIpc) is 3.46. The molecule has 0 saturated heterocycles. The predicted octanol–water partition coefficient (Wildman–Crippen LogP) is 4.89. The van der Waals surface area contributed by atoms with E-state index in [4.69, 9.17) is 4.98 Å². The van der Waals surface area contributed by atoms with E-state index in [2.05, 4.69) is 19.8 Å². The van der Waals surface area contributed by atoms with Crippen LogP contribution in [0.15, 0.2) is 72.9 Å². The fraction of sp³-hybridized carbons (Fsp3) is 0.0870. The van der Waals surface area contributed by atoms with Gasteiger partial charge in [-0.15, -0.1) is 0 Å². The lowest BCUT2D eigenvalue weighted by Gasteiger charge is -2.08. The highest BCUT2D eigenvalue weighted by Crippen LogP contribution is 2.27. The summed E-state index contributed by atoms with van der Waals surface area (Å²) in [5.74, 6) is 0.320. The van der Waals surface area contributed by atoms with E-state index in [1.165, 1.54) is 0 Å². The third-order valence-corrected chi connectivity index (χ3v) is 5.53. The van der Waals surface area contributed by atoms with Gasteiger partial charge < -0.3 is 0 Å². The molecule has 0 aliphatic rings. The normalized spacial score (nSPS) is 11.0. The summed E-state index contributed by atoms with van der Waals surface area (Å²) in [5, 5.41) is 8.42. The first kappa shape index (κ1) is 19.1. The van der Waals surface area contributed by atoms with Gasteiger partial charge >= 0.3 is 0 Å². The number of pyridine rings is 1. The molecule has 8 heteroatoms. The fourth-order valence-corrected chi connectivity index (χ4v) is 3.95. The minimum Gasteiger partial charge on any atom is -0.297 e. The summed E-state index contributed by atoms with van der Waals surface area (Å²) >= 11 is 1.15. The Hall–Kier alpha value is -3.91. The molecule has 152 valence electrons. The summed E-state index contributed by atoms with van der Waals surface area (Å²) in [6, 6.07) is 21.3. The van der Waals surface area contributed by atoms with Crippen molar-refractivity contribution in [2.75, 3.05) is 5.32 Å². The molecular formula is C23H18N6OS. The van der Waals surface area contributed by atoms with Gasteiger partial charge in [0.15, 0.2) is 11.5 Å². The molecule has 0 fully saturated rings. The lowest BCUT2D eigenvalue weighted by Crippen LogP contribution is -2.13. The number of hydrogen-bond donors (Lipinski definition) is 1. The number of aromatic nitrogens is 5. The molecular weight excluding hydrogens is 408 g/mol. The van der Waals surface area contributed by atoms with E-state index in [0.717, 1.165) is 28.4 Å². The molecule has 0 bridgehead atoms. The number of aryl methyl sites for hydroxylation is 1. The summed E-state index contributed by atoms with van der Waals surface area (Å²) < 4.78 is 6.15. The number of rotatable bonds is 5. The molecule has 5 rings (SSSR count). The van der Waals surface area contributed by atoms with Crippen LogP contribution >= 0.6 is 11.5 Å². The van der Waals surface area contributed by atoms with Gasteiger partial charge in [-0.2, -0.15) is 14.5 Å². The number of nitrogens with one attached hydrogen (secondary N) is 1. The van der Waals surface area contributed by atoms with Gasteiger partial charge in [-0.05, 0) is 13.0 Å². The number of hydrogen-bond acceptors (Lipinski definition) is 6. The van der Waals surface area contributed by atoms with Crippen LogP contribution in [0, 0.1) is 0 Å². The Balaban J connectivity index is 1.52. The van der Waals surface area contributed by atoms with Crippen molar-refractivity contribution in [1.29, 1.82) is 0 Å². The largest absolute Gasteiger partial charge is 0.297 e. The molecule has 5 aromatic rings. The van der Waals surface area contributed by atoms with Crippen LogP contribution in [0.5, 0.6) is 0 Å². The average molecular weight is 427 g/mol. The van der Waals surface area contributed by atoms with Crippen LogP contribution in [0.3, 0.4) is 0 Å². The number of carbonyl (C=O) groups is 1. The van der Waals surface area contributed by atoms with Crippen LogP contribution in [0.4, 0.5) is 5.13 Å². The highest BCUT2D eigenvalue weighted by atomic mass is 32.1. The zero-order valence-electron chi connectivity index (χ0n) is 16.7. The third-order valence-electron chi connectivity index (χ3n) is 4.90. The van der Waals surface area contributed by atoms with Crippen molar-refractivity contribution in [3.05, 3.63) is 78.5 Å². The molecule has 0 aliphatic heterocycles. The second-order valence-electron chi connectivity index (χ2n) is 6.86. The summed E-state index contributed by atoms with van der Waals surface area (Å²) in [7, 11) is 0. The van der Waals surface area contributed by atoms with E-state index in [-0.39, 0.29) is 5.91 Å². The highest BCUT2D eigenvalue weighted by Gasteiger charge is 2.19. The zero-order valence-corrected chi connectivity index (χ0v) is 17.5. The van der Waals surface area contributed by atoms with Gasteiger partial charge in [0.05, 0.1) is 22.8 Å². The molecule has 1 amide bonds.